The van der Waals surface area contributed by atoms with Crippen LogP contribution < -0.4 is 5.32 Å². The molecule has 0 atom stereocenters. The van der Waals surface area contributed by atoms with Crippen LogP contribution in [0.1, 0.15) is 51.2 Å². The highest BCUT2D eigenvalue weighted by Crippen LogP contribution is 2.38. The predicted octanol–water partition coefficient (Wildman–Crippen LogP) is 7.40. The molecule has 0 saturated carbocycles. The number of likely N-dealkylation sites (tertiary alicyclic amines) is 1. The average Bonchev–Trinajstić information content (AvgIpc) is 3.10. The number of rotatable bonds is 6. The van der Waals surface area contributed by atoms with Gasteiger partial charge in [-0.05, 0) is 92.1 Å². The van der Waals surface area contributed by atoms with Crippen molar-refractivity contribution in [3.05, 3.63) is 95.7 Å². The maximum Gasteiger partial charge on any atom is 0.256 e. The first-order chi connectivity index (χ1) is 19.8. The Kier molecular flexibility index (Phi) is 10.3. The second-order valence-corrected chi connectivity index (χ2v) is 10.8. The Labute approximate surface area is 246 Å². The highest BCUT2D eigenvalue weighted by molar-refractivity contribution is 6.32. The van der Waals surface area contributed by atoms with E-state index in [1.165, 1.54) is 54.6 Å². The third kappa shape index (κ3) is 7.41. The summed E-state index contributed by atoms with van der Waals surface area (Å²) in [4.78, 5) is 19.4. The molecule has 5 nitrogen and oxygen atoms in total. The number of ether oxygens (including phenoxy) is 1. The summed E-state index contributed by atoms with van der Waals surface area (Å²) in [5.41, 5.74) is 9.83. The first kappa shape index (κ1) is 30.0. The monoisotopic (exact) mass is 549 g/mol. The van der Waals surface area contributed by atoms with Gasteiger partial charge in [0.25, 0.3) is 5.91 Å². The zero-order valence-corrected chi connectivity index (χ0v) is 24.6. The van der Waals surface area contributed by atoms with Crippen LogP contribution in [0.3, 0.4) is 0 Å². The summed E-state index contributed by atoms with van der Waals surface area (Å²) in [6.07, 6.45) is 15.1. The second-order valence-electron chi connectivity index (χ2n) is 10.8. The van der Waals surface area contributed by atoms with E-state index in [9.17, 15) is 4.79 Å². The van der Waals surface area contributed by atoms with Crippen molar-refractivity contribution < 1.29 is 11.0 Å². The third-order valence-corrected chi connectivity index (χ3v) is 7.86. The number of aryl methyl sites for hydroxylation is 2. The highest BCUT2D eigenvalue weighted by Gasteiger charge is 2.27. The fourth-order valence-electron chi connectivity index (χ4n) is 5.32. The standard InChI is InChI=1S/C26H24N2O.C10H17NO.H2/c1-6-18(5)27-16-19(7-2)14-23-22-15-21(12-13-24(22)28-26(23)29)25-17(4)10-9-11-20(25)8-3;1-9-3-2-5-11(6-4-9)10-7-12-8-10;/h1,7,9-16H,2,8H2,3-5H3,(H,28,29);10H,1-8H2;1H/b19-16+,23-14+,27-18?;;. The molecule has 0 unspecified atom stereocenters. The van der Waals surface area contributed by atoms with E-state index in [-0.39, 0.29) is 7.33 Å². The van der Waals surface area contributed by atoms with E-state index in [0.717, 1.165) is 42.5 Å². The van der Waals surface area contributed by atoms with Gasteiger partial charge in [0.05, 0.1) is 25.0 Å². The molecule has 214 valence electrons. The molecule has 2 aromatic carbocycles. The number of terminal acetylenes is 1. The summed E-state index contributed by atoms with van der Waals surface area (Å²) >= 11 is 0. The second kappa shape index (κ2) is 14.1. The molecular formula is C36H43N3O2. The fourth-order valence-corrected chi connectivity index (χ4v) is 5.32. The molecule has 41 heavy (non-hydrogen) atoms. The summed E-state index contributed by atoms with van der Waals surface area (Å²) in [7, 11) is 0. The fraction of sp³-hybridized carbons (Fsp3) is 0.333. The van der Waals surface area contributed by atoms with Crippen molar-refractivity contribution in [1.82, 2.24) is 4.90 Å². The maximum atomic E-state index is 12.6. The zero-order chi connectivity index (χ0) is 29.4. The van der Waals surface area contributed by atoms with E-state index in [4.69, 9.17) is 11.2 Å². The minimum Gasteiger partial charge on any atom is -0.378 e. The van der Waals surface area contributed by atoms with Crippen molar-refractivity contribution in [2.24, 2.45) is 4.99 Å². The summed E-state index contributed by atoms with van der Waals surface area (Å²) < 4.78 is 5.19. The van der Waals surface area contributed by atoms with Crippen molar-refractivity contribution in [1.29, 1.82) is 0 Å². The molecular weight excluding hydrogens is 506 g/mol. The Morgan fingerprint density at radius 1 is 1.27 bits per heavy atom. The molecule has 0 aromatic heterocycles. The normalized spacial score (nSPS) is 18.9. The number of nitrogens with one attached hydrogen (secondary N) is 1. The number of benzene rings is 2. The van der Waals surface area contributed by atoms with Crippen LogP contribution in [0.15, 0.2) is 84.0 Å². The zero-order valence-electron chi connectivity index (χ0n) is 24.6. The lowest BCUT2D eigenvalue weighted by molar-refractivity contribution is -0.110. The quantitative estimate of drug-likeness (QED) is 0.134. The molecule has 0 aliphatic carbocycles. The predicted molar refractivity (Wildman–Crippen MR) is 174 cm³/mol. The van der Waals surface area contributed by atoms with E-state index >= 15 is 0 Å². The van der Waals surface area contributed by atoms with E-state index in [0.29, 0.717) is 16.9 Å². The van der Waals surface area contributed by atoms with Gasteiger partial charge in [-0.3, -0.25) is 14.7 Å². The molecule has 0 radical (unpaired) electrons. The summed E-state index contributed by atoms with van der Waals surface area (Å²) in [6, 6.07) is 13.2. The van der Waals surface area contributed by atoms with Gasteiger partial charge in [0, 0.05) is 31.0 Å². The van der Waals surface area contributed by atoms with Crippen LogP contribution in [-0.2, 0) is 16.0 Å². The number of carbonyl (C=O) groups excluding carboxylic acids is 1. The Morgan fingerprint density at radius 3 is 2.76 bits per heavy atom. The minimum atomic E-state index is -0.136. The first-order valence-electron chi connectivity index (χ1n) is 14.4. The van der Waals surface area contributed by atoms with Gasteiger partial charge in [0.2, 0.25) is 0 Å². The summed E-state index contributed by atoms with van der Waals surface area (Å²) in [6.45, 7) is 18.2. The number of hydrogen-bond donors (Lipinski definition) is 1. The van der Waals surface area contributed by atoms with Crippen LogP contribution in [0.5, 0.6) is 0 Å². The first-order valence-corrected chi connectivity index (χ1v) is 14.4. The number of aliphatic imine (C=N–C) groups is 1. The van der Waals surface area contributed by atoms with Gasteiger partial charge in [-0.2, -0.15) is 0 Å². The van der Waals surface area contributed by atoms with Crippen LogP contribution in [0.4, 0.5) is 5.69 Å². The molecule has 5 rings (SSSR count). The molecule has 3 aliphatic rings. The summed E-state index contributed by atoms with van der Waals surface area (Å²) in [5, 5.41) is 2.94. The average molecular weight is 550 g/mol. The number of carbonyl (C=O) groups is 1. The van der Waals surface area contributed by atoms with E-state index in [1.54, 1.807) is 25.3 Å². The Hall–Kier alpha value is -3.98. The van der Waals surface area contributed by atoms with Gasteiger partial charge in [-0.25, -0.2) is 0 Å². The van der Waals surface area contributed by atoms with Crippen LogP contribution in [-0.4, -0.2) is 48.9 Å². The number of nitrogens with zero attached hydrogens (tertiary/aromatic N) is 2. The molecule has 3 aliphatic heterocycles. The molecule has 2 fully saturated rings. The number of anilines is 1. The molecule has 0 bridgehead atoms. The van der Waals surface area contributed by atoms with Crippen molar-refractivity contribution in [2.75, 3.05) is 31.6 Å². The van der Waals surface area contributed by atoms with Crippen LogP contribution >= 0.6 is 0 Å². The van der Waals surface area contributed by atoms with Crippen molar-refractivity contribution in [3.63, 3.8) is 0 Å². The van der Waals surface area contributed by atoms with Crippen LogP contribution in [0.2, 0.25) is 0 Å². The maximum absolute atomic E-state index is 12.6. The minimum absolute atomic E-state index is 0. The Morgan fingerprint density at radius 2 is 2.07 bits per heavy atom. The van der Waals surface area contributed by atoms with Gasteiger partial charge in [-0.1, -0.05) is 61.9 Å². The van der Waals surface area contributed by atoms with Gasteiger partial charge in [0.1, 0.15) is 0 Å². The van der Waals surface area contributed by atoms with Gasteiger partial charge < -0.3 is 10.1 Å². The lowest BCUT2D eigenvalue weighted by atomic mass is 9.91. The van der Waals surface area contributed by atoms with Crippen LogP contribution in [0, 0.1) is 19.3 Å². The largest absolute Gasteiger partial charge is 0.378 e. The third-order valence-electron chi connectivity index (χ3n) is 7.86. The molecule has 0 spiro atoms. The van der Waals surface area contributed by atoms with E-state index in [1.807, 2.05) is 6.07 Å². The molecule has 1 amide bonds. The van der Waals surface area contributed by atoms with Crippen LogP contribution in [0.25, 0.3) is 16.7 Å². The van der Waals surface area contributed by atoms with E-state index in [2.05, 4.69) is 78.5 Å². The molecule has 2 aromatic rings. The number of allylic oxidation sites excluding steroid dienone is 3. The molecule has 3 heterocycles. The van der Waals surface area contributed by atoms with Crippen molar-refractivity contribution in [2.45, 2.75) is 52.5 Å². The van der Waals surface area contributed by atoms with Gasteiger partial charge in [0.15, 0.2) is 0 Å². The van der Waals surface area contributed by atoms with E-state index < -0.39 is 0 Å². The molecule has 1 N–H and O–H groups in total. The lowest BCUT2D eigenvalue weighted by Crippen LogP contribution is -2.49. The van der Waals surface area contributed by atoms with Gasteiger partial charge in [-0.15, -0.1) is 6.42 Å². The van der Waals surface area contributed by atoms with Crippen molar-refractivity contribution in [3.8, 4) is 23.5 Å². The number of hydrogen-bond acceptors (Lipinski definition) is 4. The SMILES string of the molecule is C#CC(C)=N/C=C(C=C)/C=C1/C(=O)Nc2ccc(-c3c(C)cccc3CC)cc21.C=C1CCCN(C2COC2)CC1.[HH]. The summed E-state index contributed by atoms with van der Waals surface area (Å²) in [5.74, 6) is 2.34. The molecule has 5 heteroatoms. The smallest absolute Gasteiger partial charge is 0.256 e. The Balaban J connectivity index is 0.000000310. The highest BCUT2D eigenvalue weighted by atomic mass is 16.5. The Bertz CT molecular complexity index is 1460. The topological polar surface area (TPSA) is 53.9 Å². The lowest BCUT2D eigenvalue weighted by Gasteiger charge is -2.36. The molecule has 2 saturated heterocycles. The van der Waals surface area contributed by atoms with Crippen molar-refractivity contribution >= 4 is 22.9 Å². The van der Waals surface area contributed by atoms with Gasteiger partial charge >= 0.3 is 0 Å². The number of amides is 1. The number of fused-ring (bicyclic) bond motifs is 1.